The van der Waals surface area contributed by atoms with Gasteiger partial charge in [-0.25, -0.2) is 0 Å². The summed E-state index contributed by atoms with van der Waals surface area (Å²) in [5.74, 6) is 0. The Morgan fingerprint density at radius 2 is 0.641 bits per heavy atom. The van der Waals surface area contributed by atoms with Crippen molar-refractivity contribution in [3.63, 3.8) is 0 Å². The number of fused-ring (bicyclic) bond motifs is 1. The molecule has 0 aromatic heterocycles. The second-order valence-corrected chi connectivity index (χ2v) is 13.9. The van der Waals surface area contributed by atoms with Crippen molar-refractivity contribution in [1.29, 1.82) is 0 Å². The fraction of sp³-hybridized carbons (Fsp3) is 0.0556. The van der Waals surface area contributed by atoms with Crippen LogP contribution in [0.1, 0.15) is 11.1 Å². The maximum atomic E-state index is 2.36. The summed E-state index contributed by atoms with van der Waals surface area (Å²) in [6.45, 7) is 0. The summed E-state index contributed by atoms with van der Waals surface area (Å²) in [5, 5.41) is 8.50. The van der Waals surface area contributed by atoms with E-state index in [4.69, 9.17) is 0 Å². The molecule has 0 bridgehead atoms. The first-order valence-electron chi connectivity index (χ1n) is 13.1. The van der Waals surface area contributed by atoms with Crippen LogP contribution in [0.3, 0.4) is 0 Å². The number of benzene rings is 6. The minimum atomic E-state index is -0.515. The molecule has 0 spiro atoms. The van der Waals surface area contributed by atoms with E-state index >= 15 is 0 Å². The van der Waals surface area contributed by atoms with Crippen LogP contribution in [0.2, 0.25) is 0 Å². The summed E-state index contributed by atoms with van der Waals surface area (Å²) in [6.07, 6.45) is 2.07. The van der Waals surface area contributed by atoms with Crippen LogP contribution >= 0.6 is 15.8 Å². The van der Waals surface area contributed by atoms with Crippen LogP contribution in [0.5, 0.6) is 0 Å². The average molecular weight is 532 g/mol. The third-order valence-corrected chi connectivity index (χ3v) is 12.0. The van der Waals surface area contributed by atoms with Crippen LogP contribution in [0.4, 0.5) is 0 Å². The first-order valence-corrected chi connectivity index (χ1v) is 16.2. The summed E-state index contributed by atoms with van der Waals surface area (Å²) in [5.41, 5.74) is 2.90. The molecule has 39 heavy (non-hydrogen) atoms. The van der Waals surface area contributed by atoms with E-state index in [0.29, 0.717) is 0 Å². The zero-order valence-electron chi connectivity index (χ0n) is 22.3. The van der Waals surface area contributed by atoms with Crippen LogP contribution in [-0.4, -0.2) is 18.9 Å². The maximum Gasteiger partial charge on any atom is 0.00137 e. The van der Waals surface area contributed by atoms with Crippen molar-refractivity contribution in [3.05, 3.63) is 169 Å². The standard InChI is InChI=1S/C36H30P2.Li/c1-5-19-32(20-6-1)37(33-21-7-2-8-22-33)27-30-17-13-15-29-16-14-18-31(36(29)30)28-38(34-23-9-3-10-24-34)35-25-11-4-12-26-35;/h1-26H,27-28H2;. The zero-order chi connectivity index (χ0) is 25.6. The van der Waals surface area contributed by atoms with Gasteiger partial charge in [0.15, 0.2) is 0 Å². The predicted molar refractivity (Wildman–Crippen MR) is 175 cm³/mol. The molecule has 3 heteroatoms. The van der Waals surface area contributed by atoms with Crippen molar-refractivity contribution in [1.82, 2.24) is 0 Å². The second kappa shape index (κ2) is 13.4. The van der Waals surface area contributed by atoms with Crippen LogP contribution in [0.25, 0.3) is 10.8 Å². The molecule has 185 valence electrons. The largest absolute Gasteiger partial charge is 0.0622 e. The van der Waals surface area contributed by atoms with Crippen LogP contribution < -0.4 is 21.2 Å². The SMILES string of the molecule is [Li].c1ccc(P(Cc2cccc3cccc(CP(c4ccccc4)c4ccccc4)c23)c2ccccc2)cc1. The Morgan fingerprint density at radius 3 is 0.949 bits per heavy atom. The van der Waals surface area contributed by atoms with Crippen molar-refractivity contribution in [2.75, 3.05) is 0 Å². The van der Waals surface area contributed by atoms with Gasteiger partial charge in [-0.05, 0) is 59.0 Å². The molecular formula is C36H30LiP2. The molecule has 0 saturated carbocycles. The molecule has 0 amide bonds. The normalized spacial score (nSPS) is 11.0. The molecule has 0 heterocycles. The molecule has 0 nitrogen and oxygen atoms in total. The number of hydrogen-bond acceptors (Lipinski definition) is 0. The summed E-state index contributed by atoms with van der Waals surface area (Å²) in [6, 6.07) is 58.0. The van der Waals surface area contributed by atoms with Gasteiger partial charge in [0, 0.05) is 31.2 Å². The molecule has 0 fully saturated rings. The molecule has 0 atom stereocenters. The van der Waals surface area contributed by atoms with Crippen LogP contribution in [0.15, 0.2) is 158 Å². The van der Waals surface area contributed by atoms with E-state index in [0.717, 1.165) is 12.3 Å². The molecule has 0 aliphatic heterocycles. The molecule has 6 rings (SSSR count). The molecule has 0 aliphatic rings. The third kappa shape index (κ3) is 6.44. The van der Waals surface area contributed by atoms with E-state index in [1.54, 1.807) is 0 Å². The Hall–Kier alpha value is -2.96. The topological polar surface area (TPSA) is 0 Å². The average Bonchev–Trinajstić information content (AvgIpc) is 3.00. The molecule has 0 aliphatic carbocycles. The van der Waals surface area contributed by atoms with Gasteiger partial charge in [0.2, 0.25) is 0 Å². The summed E-state index contributed by atoms with van der Waals surface area (Å²) in [4.78, 5) is 0. The van der Waals surface area contributed by atoms with Crippen LogP contribution in [0, 0.1) is 0 Å². The number of hydrogen-bond donors (Lipinski definition) is 0. The van der Waals surface area contributed by atoms with E-state index in [1.165, 1.54) is 43.1 Å². The van der Waals surface area contributed by atoms with Gasteiger partial charge in [-0.3, -0.25) is 0 Å². The van der Waals surface area contributed by atoms with Gasteiger partial charge in [-0.2, -0.15) is 0 Å². The van der Waals surface area contributed by atoms with Crippen molar-refractivity contribution < 1.29 is 0 Å². The van der Waals surface area contributed by atoms with Crippen LogP contribution in [-0.2, 0) is 12.3 Å². The Kier molecular flexibility index (Phi) is 9.48. The van der Waals surface area contributed by atoms with Crippen molar-refractivity contribution >= 4 is 66.7 Å². The minimum Gasteiger partial charge on any atom is -0.0622 e. The Labute approximate surface area is 246 Å². The van der Waals surface area contributed by atoms with Gasteiger partial charge >= 0.3 is 0 Å². The third-order valence-electron chi connectivity index (χ3n) is 7.01. The molecule has 6 aromatic rings. The Bertz CT molecular complexity index is 1410. The molecule has 0 N–H and O–H groups in total. The van der Waals surface area contributed by atoms with E-state index in [1.807, 2.05) is 0 Å². The van der Waals surface area contributed by atoms with E-state index in [2.05, 4.69) is 158 Å². The van der Waals surface area contributed by atoms with Gasteiger partial charge < -0.3 is 0 Å². The van der Waals surface area contributed by atoms with E-state index in [9.17, 15) is 0 Å². The van der Waals surface area contributed by atoms with Gasteiger partial charge in [0.1, 0.15) is 0 Å². The van der Waals surface area contributed by atoms with Crippen molar-refractivity contribution in [2.24, 2.45) is 0 Å². The maximum absolute atomic E-state index is 2.36. The van der Waals surface area contributed by atoms with Gasteiger partial charge in [0.05, 0.1) is 0 Å². The Morgan fingerprint density at radius 1 is 0.333 bits per heavy atom. The fourth-order valence-electron chi connectivity index (χ4n) is 5.20. The smallest absolute Gasteiger partial charge is 0.00137 e. The molecule has 0 unspecified atom stereocenters. The quantitative estimate of drug-likeness (QED) is 0.139. The van der Waals surface area contributed by atoms with Crippen molar-refractivity contribution in [3.8, 4) is 0 Å². The number of rotatable bonds is 8. The zero-order valence-corrected chi connectivity index (χ0v) is 24.1. The molecule has 6 aromatic carbocycles. The molecule has 1 radical (unpaired) electrons. The van der Waals surface area contributed by atoms with Gasteiger partial charge in [-0.15, -0.1) is 0 Å². The van der Waals surface area contributed by atoms with E-state index in [-0.39, 0.29) is 18.9 Å². The Balaban J connectivity index is 0.00000308. The van der Waals surface area contributed by atoms with E-state index < -0.39 is 15.8 Å². The first-order chi connectivity index (χ1) is 18.9. The second-order valence-electron chi connectivity index (χ2n) is 9.45. The summed E-state index contributed by atoms with van der Waals surface area (Å²) in [7, 11) is -1.03. The monoisotopic (exact) mass is 531 g/mol. The molecular weight excluding hydrogens is 501 g/mol. The molecule has 0 saturated heterocycles. The predicted octanol–water partition coefficient (Wildman–Crippen LogP) is 7.72. The first kappa shape index (κ1) is 27.6. The summed E-state index contributed by atoms with van der Waals surface area (Å²) < 4.78 is 0. The minimum absolute atomic E-state index is 0. The van der Waals surface area contributed by atoms with Gasteiger partial charge in [-0.1, -0.05) is 158 Å². The van der Waals surface area contributed by atoms with Gasteiger partial charge in [0.25, 0.3) is 0 Å². The fourth-order valence-corrected chi connectivity index (χ4v) is 9.86. The van der Waals surface area contributed by atoms with Crippen molar-refractivity contribution in [2.45, 2.75) is 12.3 Å². The summed E-state index contributed by atoms with van der Waals surface area (Å²) >= 11 is 0.